The summed E-state index contributed by atoms with van der Waals surface area (Å²) in [5.74, 6) is 1.09. The maximum absolute atomic E-state index is 12.6. The smallest absolute Gasteiger partial charge is 0.255 e. The molecular formula is C24H32N2O4. The lowest BCUT2D eigenvalue weighted by atomic mass is 10.1. The topological polar surface area (TPSA) is 60.0 Å². The van der Waals surface area contributed by atoms with Crippen LogP contribution in [-0.4, -0.2) is 63.9 Å². The van der Waals surface area contributed by atoms with E-state index in [-0.39, 0.29) is 12.0 Å². The molecular weight excluding hydrogens is 380 g/mol. The zero-order valence-corrected chi connectivity index (χ0v) is 17.9. The highest BCUT2D eigenvalue weighted by Crippen LogP contribution is 2.28. The molecule has 0 saturated carbocycles. The molecule has 1 N–H and O–H groups in total. The van der Waals surface area contributed by atoms with Crippen molar-refractivity contribution in [3.8, 4) is 11.5 Å². The maximum atomic E-state index is 12.6. The third-order valence-corrected chi connectivity index (χ3v) is 5.41. The minimum Gasteiger partial charge on any atom is -0.497 e. The molecule has 0 radical (unpaired) electrons. The van der Waals surface area contributed by atoms with Gasteiger partial charge in [0.05, 0.1) is 19.3 Å². The first-order valence-electron chi connectivity index (χ1n) is 10.6. The van der Waals surface area contributed by atoms with Crippen LogP contribution in [0.15, 0.2) is 48.5 Å². The van der Waals surface area contributed by atoms with Crippen LogP contribution in [-0.2, 0) is 11.2 Å². The first kappa shape index (κ1) is 22.1. The summed E-state index contributed by atoms with van der Waals surface area (Å²) in [5, 5.41) is 2.86. The Morgan fingerprint density at radius 2 is 1.87 bits per heavy atom. The molecule has 2 aromatic carbocycles. The number of hydrogen-bond donors (Lipinski definition) is 1. The molecule has 1 fully saturated rings. The largest absolute Gasteiger partial charge is 0.497 e. The van der Waals surface area contributed by atoms with E-state index in [0.29, 0.717) is 30.2 Å². The van der Waals surface area contributed by atoms with Crippen molar-refractivity contribution in [1.29, 1.82) is 0 Å². The van der Waals surface area contributed by atoms with Gasteiger partial charge in [0.2, 0.25) is 0 Å². The summed E-state index contributed by atoms with van der Waals surface area (Å²) >= 11 is 0. The Morgan fingerprint density at radius 1 is 1.10 bits per heavy atom. The lowest BCUT2D eigenvalue weighted by Crippen LogP contribution is -2.39. The molecule has 0 bridgehead atoms. The highest BCUT2D eigenvalue weighted by Gasteiger charge is 2.23. The van der Waals surface area contributed by atoms with Crippen LogP contribution in [0.1, 0.15) is 28.8 Å². The molecule has 3 rings (SSSR count). The summed E-state index contributed by atoms with van der Waals surface area (Å²) < 4.78 is 16.6. The third-order valence-electron chi connectivity index (χ3n) is 5.41. The van der Waals surface area contributed by atoms with E-state index in [1.165, 1.54) is 5.56 Å². The number of hydrogen-bond acceptors (Lipinski definition) is 5. The van der Waals surface area contributed by atoms with Gasteiger partial charge in [-0.1, -0.05) is 30.3 Å². The Bertz CT molecular complexity index is 789. The van der Waals surface area contributed by atoms with E-state index in [2.05, 4.69) is 40.5 Å². The van der Waals surface area contributed by atoms with Crippen LogP contribution in [0.5, 0.6) is 11.5 Å². The van der Waals surface area contributed by atoms with E-state index in [1.54, 1.807) is 32.4 Å². The Morgan fingerprint density at radius 3 is 2.57 bits per heavy atom. The summed E-state index contributed by atoms with van der Waals surface area (Å²) in [5.41, 5.74) is 1.90. The van der Waals surface area contributed by atoms with Gasteiger partial charge in [0.1, 0.15) is 17.6 Å². The normalized spacial score (nSPS) is 15.0. The zero-order valence-electron chi connectivity index (χ0n) is 17.9. The number of carbonyl (C=O) groups is 1. The second-order valence-electron chi connectivity index (χ2n) is 7.51. The van der Waals surface area contributed by atoms with Gasteiger partial charge in [0.15, 0.2) is 0 Å². The van der Waals surface area contributed by atoms with Gasteiger partial charge in [-0.15, -0.1) is 0 Å². The van der Waals surface area contributed by atoms with E-state index in [9.17, 15) is 4.79 Å². The van der Waals surface area contributed by atoms with Crippen molar-refractivity contribution in [2.75, 3.05) is 47.0 Å². The van der Waals surface area contributed by atoms with Crippen LogP contribution in [0.3, 0.4) is 0 Å². The average Bonchev–Trinajstić information content (AvgIpc) is 2.79. The fourth-order valence-corrected chi connectivity index (χ4v) is 3.64. The minimum atomic E-state index is -0.162. The minimum absolute atomic E-state index is 0.0932. The van der Waals surface area contributed by atoms with Crippen LogP contribution in [0.4, 0.5) is 0 Å². The predicted molar refractivity (Wildman–Crippen MR) is 117 cm³/mol. The molecule has 0 spiro atoms. The number of piperidine rings is 1. The molecule has 30 heavy (non-hydrogen) atoms. The Kier molecular flexibility index (Phi) is 8.53. The Balaban J connectivity index is 1.54. The summed E-state index contributed by atoms with van der Waals surface area (Å²) in [4.78, 5) is 15.0. The van der Waals surface area contributed by atoms with Gasteiger partial charge in [-0.2, -0.15) is 0 Å². The second kappa shape index (κ2) is 11.6. The number of amides is 1. The van der Waals surface area contributed by atoms with Gasteiger partial charge in [-0.05, 0) is 37.0 Å². The Hall–Kier alpha value is -2.57. The fourth-order valence-electron chi connectivity index (χ4n) is 3.64. The van der Waals surface area contributed by atoms with E-state index >= 15 is 0 Å². The predicted octanol–water partition coefficient (Wildman–Crippen LogP) is 3.16. The SMILES string of the molecule is COCCNC(=O)c1ccc(OC)cc1OC1CCN(CCc2ccccc2)CC1. The molecule has 1 aliphatic heterocycles. The number of likely N-dealkylation sites (tertiary alicyclic amines) is 1. The summed E-state index contributed by atoms with van der Waals surface area (Å²) in [7, 11) is 3.23. The van der Waals surface area contributed by atoms with E-state index in [1.807, 2.05) is 0 Å². The molecule has 0 aliphatic carbocycles. The van der Waals surface area contributed by atoms with Crippen molar-refractivity contribution in [3.63, 3.8) is 0 Å². The lowest BCUT2D eigenvalue weighted by Gasteiger charge is -2.32. The third kappa shape index (κ3) is 6.47. The van der Waals surface area contributed by atoms with Crippen LogP contribution in [0.25, 0.3) is 0 Å². The molecule has 6 heteroatoms. The quantitative estimate of drug-likeness (QED) is 0.608. The van der Waals surface area contributed by atoms with E-state index in [0.717, 1.165) is 38.9 Å². The molecule has 162 valence electrons. The first-order chi connectivity index (χ1) is 14.7. The van der Waals surface area contributed by atoms with Gasteiger partial charge in [-0.3, -0.25) is 4.79 Å². The number of nitrogens with zero attached hydrogens (tertiary/aromatic N) is 1. The molecule has 2 aromatic rings. The molecule has 1 amide bonds. The number of ether oxygens (including phenoxy) is 3. The first-order valence-corrected chi connectivity index (χ1v) is 10.6. The monoisotopic (exact) mass is 412 g/mol. The van der Waals surface area contributed by atoms with Crippen molar-refractivity contribution in [2.45, 2.75) is 25.4 Å². The molecule has 1 heterocycles. The number of carbonyl (C=O) groups excluding carboxylic acids is 1. The highest BCUT2D eigenvalue weighted by molar-refractivity contribution is 5.97. The standard InChI is InChI=1S/C24H32N2O4/c1-28-17-13-25-24(27)22-9-8-21(29-2)18-23(22)30-20-11-15-26(16-12-20)14-10-19-6-4-3-5-7-19/h3-9,18,20H,10-17H2,1-2H3,(H,25,27). The maximum Gasteiger partial charge on any atom is 0.255 e. The number of nitrogens with one attached hydrogen (secondary N) is 1. The molecule has 0 unspecified atom stereocenters. The Labute approximate surface area is 179 Å². The van der Waals surface area contributed by atoms with Gasteiger partial charge in [0, 0.05) is 39.4 Å². The lowest BCUT2D eigenvalue weighted by molar-refractivity contribution is 0.0895. The second-order valence-corrected chi connectivity index (χ2v) is 7.51. The van der Waals surface area contributed by atoms with Crippen molar-refractivity contribution >= 4 is 5.91 Å². The molecule has 1 saturated heterocycles. The summed E-state index contributed by atoms with van der Waals surface area (Å²) in [6.07, 6.45) is 3.04. The van der Waals surface area contributed by atoms with Gasteiger partial charge >= 0.3 is 0 Å². The van der Waals surface area contributed by atoms with Crippen LogP contribution < -0.4 is 14.8 Å². The molecule has 0 aromatic heterocycles. The van der Waals surface area contributed by atoms with Crippen LogP contribution >= 0.6 is 0 Å². The van der Waals surface area contributed by atoms with Crippen molar-refractivity contribution in [3.05, 3.63) is 59.7 Å². The zero-order chi connectivity index (χ0) is 21.2. The van der Waals surface area contributed by atoms with Gasteiger partial charge < -0.3 is 24.4 Å². The van der Waals surface area contributed by atoms with Crippen LogP contribution in [0, 0.1) is 0 Å². The molecule has 6 nitrogen and oxygen atoms in total. The number of benzene rings is 2. The van der Waals surface area contributed by atoms with E-state index < -0.39 is 0 Å². The highest BCUT2D eigenvalue weighted by atomic mass is 16.5. The number of methoxy groups -OCH3 is 2. The summed E-state index contributed by atoms with van der Waals surface area (Å²) in [6.45, 7) is 3.98. The van der Waals surface area contributed by atoms with Crippen molar-refractivity contribution in [2.24, 2.45) is 0 Å². The van der Waals surface area contributed by atoms with Gasteiger partial charge in [-0.25, -0.2) is 0 Å². The van der Waals surface area contributed by atoms with E-state index in [4.69, 9.17) is 14.2 Å². The van der Waals surface area contributed by atoms with Crippen LogP contribution in [0.2, 0.25) is 0 Å². The number of rotatable bonds is 10. The van der Waals surface area contributed by atoms with Crippen molar-refractivity contribution < 1.29 is 19.0 Å². The van der Waals surface area contributed by atoms with Gasteiger partial charge in [0.25, 0.3) is 5.91 Å². The average molecular weight is 413 g/mol. The summed E-state index contributed by atoms with van der Waals surface area (Å²) in [6, 6.07) is 15.9. The van der Waals surface area contributed by atoms with Crippen molar-refractivity contribution in [1.82, 2.24) is 10.2 Å². The molecule has 1 aliphatic rings. The molecule has 0 atom stereocenters. The fraction of sp³-hybridized carbons (Fsp3) is 0.458.